The van der Waals surface area contributed by atoms with E-state index in [0.29, 0.717) is 17.9 Å². The largest absolute Gasteiger partial charge is 0.497 e. The van der Waals surface area contributed by atoms with Crippen LogP contribution >= 0.6 is 0 Å². The van der Waals surface area contributed by atoms with Crippen molar-refractivity contribution in [2.24, 2.45) is 0 Å². The molecule has 0 aliphatic carbocycles. The molecule has 1 heterocycles. The summed E-state index contributed by atoms with van der Waals surface area (Å²) in [5.41, 5.74) is 4.91. The monoisotopic (exact) mass is 457 g/mol. The van der Waals surface area contributed by atoms with Gasteiger partial charge in [0.05, 0.1) is 30.8 Å². The van der Waals surface area contributed by atoms with Gasteiger partial charge in [-0.05, 0) is 74.7 Å². The van der Waals surface area contributed by atoms with E-state index in [2.05, 4.69) is 35.9 Å². The minimum atomic E-state index is -0.272. The van der Waals surface area contributed by atoms with Gasteiger partial charge in [-0.15, -0.1) is 0 Å². The van der Waals surface area contributed by atoms with Gasteiger partial charge in [-0.25, -0.2) is 4.98 Å². The Labute approximate surface area is 200 Å². The molecular formula is C28H31N3O3. The number of imidazole rings is 1. The number of methoxy groups -OCH3 is 1. The molecule has 0 radical (unpaired) electrons. The minimum absolute atomic E-state index is 0.164. The number of amides is 1. The Morgan fingerprint density at radius 2 is 1.85 bits per heavy atom. The van der Waals surface area contributed by atoms with Crippen molar-refractivity contribution >= 4 is 16.9 Å². The summed E-state index contributed by atoms with van der Waals surface area (Å²) < 4.78 is 13.5. The number of fused-ring (bicyclic) bond motifs is 1. The molecule has 0 saturated heterocycles. The van der Waals surface area contributed by atoms with Gasteiger partial charge in [0.25, 0.3) is 5.91 Å². The maximum absolute atomic E-state index is 12.9. The molecule has 1 atom stereocenters. The third-order valence-electron chi connectivity index (χ3n) is 6.09. The number of carbonyl (C=O) groups excluding carboxylic acids is 1. The highest BCUT2D eigenvalue weighted by Crippen LogP contribution is 2.23. The lowest BCUT2D eigenvalue weighted by Gasteiger charge is -2.17. The van der Waals surface area contributed by atoms with E-state index in [1.165, 1.54) is 11.1 Å². The first-order valence-corrected chi connectivity index (χ1v) is 11.6. The van der Waals surface area contributed by atoms with Crippen molar-refractivity contribution in [3.05, 3.63) is 89.2 Å². The molecule has 0 fully saturated rings. The fourth-order valence-electron chi connectivity index (χ4n) is 4.05. The minimum Gasteiger partial charge on any atom is -0.497 e. The molecule has 1 aromatic heterocycles. The van der Waals surface area contributed by atoms with Crippen LogP contribution in [-0.4, -0.2) is 29.2 Å². The number of nitrogens with one attached hydrogen (secondary N) is 1. The Bertz CT molecular complexity index is 1300. The zero-order chi connectivity index (χ0) is 24.1. The first kappa shape index (κ1) is 23.4. The number of hydrogen-bond acceptors (Lipinski definition) is 4. The number of rotatable bonds is 9. The van der Waals surface area contributed by atoms with Crippen LogP contribution in [0.25, 0.3) is 11.0 Å². The molecule has 1 N–H and O–H groups in total. The number of benzene rings is 3. The molecule has 0 saturated carbocycles. The van der Waals surface area contributed by atoms with Crippen LogP contribution in [0, 0.1) is 13.8 Å². The maximum atomic E-state index is 12.9. The van der Waals surface area contributed by atoms with Gasteiger partial charge < -0.3 is 19.4 Å². The van der Waals surface area contributed by atoms with E-state index >= 15 is 0 Å². The van der Waals surface area contributed by atoms with Crippen molar-refractivity contribution in [3.8, 4) is 11.5 Å². The van der Waals surface area contributed by atoms with Gasteiger partial charge in [-0.2, -0.15) is 0 Å². The van der Waals surface area contributed by atoms with Crippen LogP contribution in [0.15, 0.2) is 66.7 Å². The van der Waals surface area contributed by atoms with Crippen molar-refractivity contribution < 1.29 is 14.3 Å². The van der Waals surface area contributed by atoms with Crippen LogP contribution in [-0.2, 0) is 6.54 Å². The van der Waals surface area contributed by atoms with E-state index in [1.54, 1.807) is 19.2 Å². The number of para-hydroxylation sites is 2. The predicted molar refractivity (Wildman–Crippen MR) is 135 cm³/mol. The van der Waals surface area contributed by atoms with Crippen LogP contribution in [0.1, 0.15) is 46.7 Å². The third-order valence-corrected chi connectivity index (χ3v) is 6.09. The van der Waals surface area contributed by atoms with Gasteiger partial charge >= 0.3 is 0 Å². The van der Waals surface area contributed by atoms with Gasteiger partial charge in [0.2, 0.25) is 0 Å². The maximum Gasteiger partial charge on any atom is 0.251 e. The van der Waals surface area contributed by atoms with Crippen LogP contribution < -0.4 is 14.8 Å². The topological polar surface area (TPSA) is 65.4 Å². The first-order chi connectivity index (χ1) is 16.5. The van der Waals surface area contributed by atoms with E-state index in [1.807, 2.05) is 49.4 Å². The summed E-state index contributed by atoms with van der Waals surface area (Å²) in [4.78, 5) is 17.7. The van der Waals surface area contributed by atoms with Crippen LogP contribution in [0.5, 0.6) is 11.5 Å². The lowest BCUT2D eigenvalue weighted by molar-refractivity contribution is 0.0937. The summed E-state index contributed by atoms with van der Waals surface area (Å²) in [6.07, 6.45) is 0.817. The predicted octanol–water partition coefficient (Wildman–Crippen LogP) is 5.62. The molecule has 0 spiro atoms. The molecule has 176 valence electrons. The quantitative estimate of drug-likeness (QED) is 0.331. The molecule has 1 amide bonds. The summed E-state index contributed by atoms with van der Waals surface area (Å²) in [5, 5.41) is 3.09. The third kappa shape index (κ3) is 5.06. The number of ether oxygens (including phenoxy) is 2. The molecule has 4 aromatic rings. The Morgan fingerprint density at radius 3 is 2.68 bits per heavy atom. The van der Waals surface area contributed by atoms with Crippen LogP contribution in [0.4, 0.5) is 0 Å². The van der Waals surface area contributed by atoms with Crippen molar-refractivity contribution in [2.45, 2.75) is 39.8 Å². The normalized spacial score (nSPS) is 11.9. The molecule has 0 aliphatic heterocycles. The summed E-state index contributed by atoms with van der Waals surface area (Å²) in [6, 6.07) is 21.0. The summed E-state index contributed by atoms with van der Waals surface area (Å²) in [6.45, 7) is 7.47. The lowest BCUT2D eigenvalue weighted by Crippen LogP contribution is -2.29. The molecule has 3 aromatic carbocycles. The van der Waals surface area contributed by atoms with Gasteiger partial charge in [0.1, 0.15) is 17.3 Å². The molecule has 4 rings (SSSR count). The van der Waals surface area contributed by atoms with Crippen molar-refractivity contribution in [2.75, 3.05) is 13.7 Å². The van der Waals surface area contributed by atoms with E-state index in [-0.39, 0.29) is 11.9 Å². The molecular weight excluding hydrogens is 426 g/mol. The Balaban J connectivity index is 1.49. The molecule has 6 heteroatoms. The lowest BCUT2D eigenvalue weighted by atomic mass is 10.1. The number of aromatic nitrogens is 2. The van der Waals surface area contributed by atoms with Gasteiger partial charge in [-0.1, -0.05) is 30.3 Å². The van der Waals surface area contributed by atoms with E-state index in [4.69, 9.17) is 14.5 Å². The number of hydrogen-bond donors (Lipinski definition) is 1. The highest BCUT2D eigenvalue weighted by atomic mass is 16.5. The summed E-state index contributed by atoms with van der Waals surface area (Å²) in [7, 11) is 1.59. The smallest absolute Gasteiger partial charge is 0.251 e. The number of carbonyl (C=O) groups is 1. The van der Waals surface area contributed by atoms with Crippen LogP contribution in [0.2, 0.25) is 0 Å². The fourth-order valence-corrected chi connectivity index (χ4v) is 4.05. The first-order valence-electron chi connectivity index (χ1n) is 11.6. The molecule has 0 aliphatic rings. The number of nitrogens with zero attached hydrogens (tertiary/aromatic N) is 2. The molecule has 0 bridgehead atoms. The van der Waals surface area contributed by atoms with Crippen LogP contribution in [0.3, 0.4) is 0 Å². The molecule has 6 nitrogen and oxygen atoms in total. The van der Waals surface area contributed by atoms with Crippen molar-refractivity contribution in [1.29, 1.82) is 0 Å². The van der Waals surface area contributed by atoms with E-state index in [9.17, 15) is 4.79 Å². The summed E-state index contributed by atoms with van der Waals surface area (Å²) in [5.74, 6) is 2.23. The Morgan fingerprint density at radius 1 is 1.06 bits per heavy atom. The SMILES string of the molecule is COc1cccc(C(=O)NC(C)c2nc3ccccc3n2CCCOc2cccc(C)c2C)c1. The standard InChI is InChI=1S/C28H31N3O3/c1-19-10-7-15-26(20(19)2)34-17-9-16-31-25-14-6-5-13-24(25)30-27(31)21(3)29-28(32)22-11-8-12-23(18-22)33-4/h5-8,10-15,18,21H,9,16-17H2,1-4H3,(H,29,32). The zero-order valence-corrected chi connectivity index (χ0v) is 20.2. The fraction of sp³-hybridized carbons (Fsp3) is 0.286. The average molecular weight is 458 g/mol. The second-order valence-electron chi connectivity index (χ2n) is 8.44. The van der Waals surface area contributed by atoms with E-state index < -0.39 is 0 Å². The zero-order valence-electron chi connectivity index (χ0n) is 20.2. The number of aryl methyl sites for hydroxylation is 2. The Hall–Kier alpha value is -3.80. The molecule has 1 unspecified atom stereocenters. The van der Waals surface area contributed by atoms with Gasteiger partial charge in [0, 0.05) is 12.1 Å². The second-order valence-corrected chi connectivity index (χ2v) is 8.44. The van der Waals surface area contributed by atoms with Crippen molar-refractivity contribution in [1.82, 2.24) is 14.9 Å². The van der Waals surface area contributed by atoms with Gasteiger partial charge in [-0.3, -0.25) is 4.79 Å². The highest BCUT2D eigenvalue weighted by molar-refractivity contribution is 5.94. The van der Waals surface area contributed by atoms with E-state index in [0.717, 1.165) is 35.6 Å². The summed E-state index contributed by atoms with van der Waals surface area (Å²) >= 11 is 0. The molecule has 34 heavy (non-hydrogen) atoms. The Kier molecular flexibility index (Phi) is 7.16. The van der Waals surface area contributed by atoms with Crippen molar-refractivity contribution in [3.63, 3.8) is 0 Å². The average Bonchev–Trinajstić information content (AvgIpc) is 3.23. The van der Waals surface area contributed by atoms with Gasteiger partial charge in [0.15, 0.2) is 0 Å². The highest BCUT2D eigenvalue weighted by Gasteiger charge is 2.19. The second kappa shape index (κ2) is 10.4.